The molecule has 7 heteroatoms. The van der Waals surface area contributed by atoms with Gasteiger partial charge in [0.2, 0.25) is 0 Å². The van der Waals surface area contributed by atoms with Gasteiger partial charge in [-0.15, -0.1) is 0 Å². The first-order chi connectivity index (χ1) is 12.4. The van der Waals surface area contributed by atoms with E-state index in [2.05, 4.69) is 5.32 Å². The minimum atomic E-state index is -0.989. The predicted octanol–water partition coefficient (Wildman–Crippen LogP) is 3.26. The highest BCUT2D eigenvalue weighted by Gasteiger charge is 2.32. The third kappa shape index (κ3) is 3.23. The van der Waals surface area contributed by atoms with Gasteiger partial charge in [-0.25, -0.2) is 9.59 Å². The van der Waals surface area contributed by atoms with Crippen LogP contribution in [0.1, 0.15) is 35.0 Å². The number of nitrogens with one attached hydrogen (secondary N) is 1. The quantitative estimate of drug-likeness (QED) is 0.634. The molecular weight excluding hydrogens is 336 g/mol. The number of benzene rings is 1. The number of urea groups is 1. The van der Waals surface area contributed by atoms with Crippen molar-refractivity contribution < 1.29 is 23.9 Å². The summed E-state index contributed by atoms with van der Waals surface area (Å²) in [5.41, 5.74) is 1.89. The molecule has 1 saturated heterocycles. The Morgan fingerprint density at radius 2 is 2.04 bits per heavy atom. The van der Waals surface area contributed by atoms with E-state index in [-0.39, 0.29) is 17.2 Å². The molecule has 7 nitrogen and oxygen atoms in total. The minimum absolute atomic E-state index is 0.169. The number of aryl methyl sites for hydroxylation is 1. The Morgan fingerprint density at radius 3 is 2.69 bits per heavy atom. The minimum Gasteiger partial charge on any atom is -0.478 e. The number of nitrogens with zero attached hydrogens (tertiary/aromatic N) is 1. The largest absolute Gasteiger partial charge is 0.478 e. The number of hydrogen-bond acceptors (Lipinski definition) is 4. The second-order valence-electron chi connectivity index (χ2n) is 5.98. The van der Waals surface area contributed by atoms with Crippen LogP contribution in [0.2, 0.25) is 0 Å². The van der Waals surface area contributed by atoms with Crippen LogP contribution in [-0.4, -0.2) is 34.5 Å². The summed E-state index contributed by atoms with van der Waals surface area (Å²) >= 11 is 0. The molecule has 1 aromatic carbocycles. The first-order valence-electron chi connectivity index (χ1n) is 8.19. The number of carbonyl (C=O) groups is 3. The molecule has 2 heterocycles. The summed E-state index contributed by atoms with van der Waals surface area (Å²) in [6.45, 7) is 4.05. The van der Waals surface area contributed by atoms with E-state index in [0.29, 0.717) is 24.5 Å². The van der Waals surface area contributed by atoms with Crippen LogP contribution in [0.15, 0.2) is 40.4 Å². The van der Waals surface area contributed by atoms with Gasteiger partial charge in [0.15, 0.2) is 0 Å². The highest BCUT2D eigenvalue weighted by atomic mass is 16.4. The molecule has 1 aromatic heterocycles. The second-order valence-corrected chi connectivity index (χ2v) is 5.98. The zero-order valence-electron chi connectivity index (χ0n) is 14.4. The van der Waals surface area contributed by atoms with Crippen LogP contribution in [0.5, 0.6) is 0 Å². The van der Waals surface area contributed by atoms with Crippen molar-refractivity contribution in [1.82, 2.24) is 10.2 Å². The van der Waals surface area contributed by atoms with Crippen LogP contribution < -0.4 is 5.32 Å². The maximum absolute atomic E-state index is 12.2. The summed E-state index contributed by atoms with van der Waals surface area (Å²) in [6.07, 6.45) is 2.17. The molecule has 1 fully saturated rings. The van der Waals surface area contributed by atoms with E-state index in [1.165, 1.54) is 12.1 Å². The van der Waals surface area contributed by atoms with E-state index < -0.39 is 12.0 Å². The van der Waals surface area contributed by atoms with Gasteiger partial charge in [0.1, 0.15) is 17.2 Å². The standard InChI is InChI=1S/C19H18N2O5/c1-3-8-21-17(22)15(20-19(21)25)10-13-5-7-16(26-13)14-6-4-12(18(23)24)9-11(14)2/h4-7,9-10H,3,8H2,1-2H3,(H,20,25)(H,23,24)/b15-10+. The topological polar surface area (TPSA) is 99.8 Å². The number of carbonyl (C=O) groups excluding carboxylic acids is 2. The molecule has 0 spiro atoms. The molecule has 2 aromatic rings. The number of imide groups is 1. The lowest BCUT2D eigenvalue weighted by atomic mass is 10.0. The molecule has 0 unspecified atom stereocenters. The Labute approximate surface area is 149 Å². The van der Waals surface area contributed by atoms with Crippen LogP contribution in [0.25, 0.3) is 17.4 Å². The summed E-state index contributed by atoms with van der Waals surface area (Å²) in [5, 5.41) is 11.6. The molecule has 0 aliphatic carbocycles. The monoisotopic (exact) mass is 354 g/mol. The zero-order valence-corrected chi connectivity index (χ0v) is 14.4. The normalized spacial score (nSPS) is 15.6. The lowest BCUT2D eigenvalue weighted by Gasteiger charge is -2.08. The fourth-order valence-electron chi connectivity index (χ4n) is 2.79. The lowest BCUT2D eigenvalue weighted by molar-refractivity contribution is -0.122. The summed E-state index contributed by atoms with van der Waals surface area (Å²) < 4.78 is 5.75. The Balaban J connectivity index is 1.86. The number of hydrogen-bond donors (Lipinski definition) is 2. The number of furan rings is 1. The summed E-state index contributed by atoms with van der Waals surface area (Å²) in [4.78, 5) is 36.2. The molecule has 134 valence electrons. The van der Waals surface area contributed by atoms with Gasteiger partial charge in [-0.05, 0) is 43.2 Å². The van der Waals surface area contributed by atoms with Crippen molar-refractivity contribution in [2.45, 2.75) is 20.3 Å². The van der Waals surface area contributed by atoms with Gasteiger partial charge in [-0.2, -0.15) is 0 Å². The third-order valence-electron chi connectivity index (χ3n) is 4.06. The number of carboxylic acid groups (broad SMARTS) is 1. The van der Waals surface area contributed by atoms with Crippen molar-refractivity contribution in [1.29, 1.82) is 0 Å². The van der Waals surface area contributed by atoms with E-state index in [1.807, 2.05) is 6.92 Å². The first-order valence-corrected chi connectivity index (χ1v) is 8.19. The fraction of sp³-hybridized carbons (Fsp3) is 0.211. The third-order valence-corrected chi connectivity index (χ3v) is 4.06. The van der Waals surface area contributed by atoms with Gasteiger partial charge in [-0.3, -0.25) is 9.69 Å². The molecule has 2 N–H and O–H groups in total. The smallest absolute Gasteiger partial charge is 0.335 e. The van der Waals surface area contributed by atoms with Gasteiger partial charge in [0.05, 0.1) is 5.56 Å². The van der Waals surface area contributed by atoms with E-state index in [1.54, 1.807) is 31.2 Å². The molecule has 0 atom stereocenters. The molecular formula is C19H18N2O5. The van der Waals surface area contributed by atoms with Crippen molar-refractivity contribution in [3.8, 4) is 11.3 Å². The molecule has 3 rings (SSSR count). The Kier molecular flexibility index (Phi) is 4.62. The predicted molar refractivity (Wildman–Crippen MR) is 94.4 cm³/mol. The van der Waals surface area contributed by atoms with Crippen LogP contribution in [0, 0.1) is 6.92 Å². The van der Waals surface area contributed by atoms with Gasteiger partial charge in [-0.1, -0.05) is 13.0 Å². The molecule has 1 aliphatic rings. The molecule has 0 radical (unpaired) electrons. The second kappa shape index (κ2) is 6.87. The van der Waals surface area contributed by atoms with E-state index in [4.69, 9.17) is 9.52 Å². The molecule has 26 heavy (non-hydrogen) atoms. The van der Waals surface area contributed by atoms with E-state index in [0.717, 1.165) is 16.0 Å². The average molecular weight is 354 g/mol. The Hall–Kier alpha value is -3.35. The molecule has 1 aliphatic heterocycles. The van der Waals surface area contributed by atoms with Crippen molar-refractivity contribution in [2.24, 2.45) is 0 Å². The number of amides is 3. The lowest BCUT2D eigenvalue weighted by Crippen LogP contribution is -2.31. The first kappa shape index (κ1) is 17.5. The highest BCUT2D eigenvalue weighted by Crippen LogP contribution is 2.27. The highest BCUT2D eigenvalue weighted by molar-refractivity contribution is 6.13. The van der Waals surface area contributed by atoms with Crippen molar-refractivity contribution >= 4 is 24.0 Å². The summed E-state index contributed by atoms with van der Waals surface area (Å²) in [6, 6.07) is 7.75. The number of aromatic carboxylic acids is 1. The SMILES string of the molecule is CCCN1C(=O)N/C(=C/c2ccc(-c3ccc(C(=O)O)cc3C)o2)C1=O. The van der Waals surface area contributed by atoms with Gasteiger partial charge in [0, 0.05) is 18.2 Å². The van der Waals surface area contributed by atoms with Crippen LogP contribution in [-0.2, 0) is 4.79 Å². The maximum atomic E-state index is 12.2. The van der Waals surface area contributed by atoms with Gasteiger partial charge >= 0.3 is 12.0 Å². The van der Waals surface area contributed by atoms with Gasteiger partial charge < -0.3 is 14.8 Å². The maximum Gasteiger partial charge on any atom is 0.335 e. The number of rotatable bonds is 5. The van der Waals surface area contributed by atoms with Crippen molar-refractivity contribution in [3.63, 3.8) is 0 Å². The zero-order chi connectivity index (χ0) is 18.8. The fourth-order valence-corrected chi connectivity index (χ4v) is 2.79. The van der Waals surface area contributed by atoms with Crippen molar-refractivity contribution in [3.05, 3.63) is 52.9 Å². The molecule has 0 bridgehead atoms. The Bertz CT molecular complexity index is 926. The Morgan fingerprint density at radius 1 is 1.27 bits per heavy atom. The van der Waals surface area contributed by atoms with E-state index in [9.17, 15) is 14.4 Å². The van der Waals surface area contributed by atoms with Gasteiger partial charge in [0.25, 0.3) is 5.91 Å². The summed E-state index contributed by atoms with van der Waals surface area (Å²) in [5.74, 6) is -0.398. The van der Waals surface area contributed by atoms with Crippen LogP contribution in [0.4, 0.5) is 4.79 Å². The van der Waals surface area contributed by atoms with Crippen LogP contribution >= 0.6 is 0 Å². The molecule has 3 amide bonds. The van der Waals surface area contributed by atoms with Crippen LogP contribution in [0.3, 0.4) is 0 Å². The average Bonchev–Trinajstić information content (AvgIpc) is 3.15. The molecule has 0 saturated carbocycles. The van der Waals surface area contributed by atoms with E-state index >= 15 is 0 Å². The summed E-state index contributed by atoms with van der Waals surface area (Å²) in [7, 11) is 0. The van der Waals surface area contributed by atoms with Crippen molar-refractivity contribution in [2.75, 3.05) is 6.54 Å². The number of carboxylic acids is 1.